The highest BCUT2D eigenvalue weighted by atomic mass is 14.5. The van der Waals surface area contributed by atoms with Gasteiger partial charge in [-0.3, -0.25) is 0 Å². The summed E-state index contributed by atoms with van der Waals surface area (Å²) < 4.78 is 292. The first kappa shape index (κ1) is 20.0. The second kappa shape index (κ2) is 13.2. The third kappa shape index (κ3) is 5.04. The zero-order chi connectivity index (χ0) is 72.4. The van der Waals surface area contributed by atoms with E-state index < -0.39 is 286 Å². The molecule has 0 aromatic heterocycles. The lowest BCUT2D eigenvalue weighted by atomic mass is 9.70. The first-order valence-electron chi connectivity index (χ1n) is 37.4. The molecule has 0 saturated heterocycles. The molecule has 0 radical (unpaired) electrons. The van der Waals surface area contributed by atoms with Crippen molar-refractivity contribution in [3.8, 4) is 44.5 Å². The van der Waals surface area contributed by atoms with Crippen molar-refractivity contribution < 1.29 is 41.1 Å². The van der Waals surface area contributed by atoms with Gasteiger partial charge >= 0.3 is 0 Å². The summed E-state index contributed by atoms with van der Waals surface area (Å²) in [6.45, 7) is 10.2. The number of hydrogen-bond donors (Lipinski definition) is 0. The SMILES string of the molecule is [2H]c1cc2c(c([2H])c1[2H])-c1c([2H])c([2H])c([2H])c([2H])c1C21c2cc(-c3c([2H])c([2H])c4c([2H])c([2H])c5c(C(C)(C)C)c([2H])c([2H])c6c([2H])c([2H])c3c4c65)c([2H])c([2H])c2-c2c1c([2H])c1c(-c3c([2H])c([2H])c4c([2H])c([2H])c5c(C(C)(C)C)c([2H])c([2H])c6c([2H])c([2H])c3c4c65)c([2H])c([2H])c([2H])c1c2[2H]. The number of fused-ring (bicyclic) bond motifs is 11. The van der Waals surface area contributed by atoms with E-state index in [0.29, 0.717) is 0 Å². The molecule has 13 aromatic carbocycles. The van der Waals surface area contributed by atoms with E-state index in [1.807, 2.05) is 0 Å². The van der Waals surface area contributed by atoms with Gasteiger partial charge < -0.3 is 0 Å². The number of rotatable bonds is 2. The van der Waals surface area contributed by atoms with Crippen LogP contribution in [0.25, 0.3) is 120 Å². The van der Waals surface area contributed by atoms with Gasteiger partial charge in [0.1, 0.15) is 0 Å². The first-order valence-corrected chi connectivity index (χ1v) is 22.4. The highest BCUT2D eigenvalue weighted by Gasteiger charge is 2.52. The Morgan fingerprint density at radius 2 is 0.797 bits per heavy atom. The Morgan fingerprint density at radius 3 is 1.45 bits per heavy atom. The van der Waals surface area contributed by atoms with E-state index in [4.69, 9.17) is 2.74 Å². The van der Waals surface area contributed by atoms with Gasteiger partial charge in [-0.1, -0.05) is 217 Å². The second-order valence-electron chi connectivity index (χ2n) is 19.9. The lowest BCUT2D eigenvalue weighted by Crippen LogP contribution is -2.26. The predicted molar refractivity (Wildman–Crippen MR) is 296 cm³/mol. The number of benzene rings is 13. The zero-order valence-corrected chi connectivity index (χ0v) is 37.7. The minimum Gasteiger partial charge on any atom is -0.0619 e. The Labute approximate surface area is 445 Å². The van der Waals surface area contributed by atoms with Gasteiger partial charge in [-0.15, -0.1) is 0 Å². The Balaban J connectivity index is 1.20. The summed E-state index contributed by atoms with van der Waals surface area (Å²) in [5, 5.41) is -4.40. The average Bonchev–Trinajstić information content (AvgIpc) is 1.52. The van der Waals surface area contributed by atoms with Crippen LogP contribution in [0.3, 0.4) is 0 Å². The van der Waals surface area contributed by atoms with Crippen molar-refractivity contribution in [3.05, 3.63) is 227 Å². The van der Waals surface area contributed by atoms with Crippen LogP contribution < -0.4 is 0 Å². The molecule has 0 N–H and O–H groups in total. The third-order valence-corrected chi connectivity index (χ3v) is 14.0. The molecule has 1 atom stereocenters. The third-order valence-electron chi connectivity index (χ3n) is 14.0. The van der Waals surface area contributed by atoms with E-state index >= 15 is 0 Å². The van der Waals surface area contributed by atoms with Crippen molar-refractivity contribution >= 4 is 75.4 Å². The van der Waals surface area contributed by atoms with Gasteiger partial charge in [0.15, 0.2) is 0 Å². The van der Waals surface area contributed by atoms with Crippen molar-refractivity contribution in [1.82, 2.24) is 0 Å². The molecule has 0 nitrogen and oxygen atoms in total. The van der Waals surface area contributed by atoms with Crippen molar-refractivity contribution in [2.24, 2.45) is 0 Å². The summed E-state index contributed by atoms with van der Waals surface area (Å²) in [6.07, 6.45) is 0. The molecule has 0 bridgehead atoms. The van der Waals surface area contributed by atoms with Gasteiger partial charge in [0.05, 0.1) is 46.5 Å². The van der Waals surface area contributed by atoms with Crippen LogP contribution in [-0.4, -0.2) is 0 Å². The van der Waals surface area contributed by atoms with Gasteiger partial charge in [0, 0.05) is 0 Å². The summed E-state index contributed by atoms with van der Waals surface area (Å²) in [4.78, 5) is 0. The molecule has 0 aliphatic heterocycles. The minimum atomic E-state index is -2.72. The lowest BCUT2D eigenvalue weighted by molar-refractivity contribution is 0.596. The van der Waals surface area contributed by atoms with Crippen LogP contribution in [0.2, 0.25) is 0 Å². The Bertz CT molecular complexity index is 6170. The molecule has 13 aromatic rings. The van der Waals surface area contributed by atoms with Gasteiger partial charge in [-0.05, 0) is 182 Å². The summed E-state index contributed by atoms with van der Waals surface area (Å²) in [7, 11) is 0. The molecule has 15 rings (SSSR count). The number of hydrogen-bond acceptors (Lipinski definition) is 0. The van der Waals surface area contributed by atoms with E-state index in [0.717, 1.165) is 12.1 Å². The molecule has 69 heavy (non-hydrogen) atoms. The predicted octanol–water partition coefficient (Wildman–Crippen LogP) is 18.9. The second-order valence-corrected chi connectivity index (χ2v) is 19.9. The zero-order valence-electron chi connectivity index (χ0n) is 67.7. The Hall–Kier alpha value is -7.80. The fourth-order valence-electron chi connectivity index (χ4n) is 11.1. The van der Waals surface area contributed by atoms with Crippen LogP contribution in [0, 0.1) is 0 Å². The topological polar surface area (TPSA) is 0 Å². The summed E-state index contributed by atoms with van der Waals surface area (Å²) >= 11 is 0. The molecular weight excluding hydrogens is 829 g/mol. The molecule has 2 aliphatic carbocycles. The molecule has 0 amide bonds. The fraction of sp³-hybridized carbons (Fsp3) is 0.130. The first-order chi connectivity index (χ1) is 46.0. The van der Waals surface area contributed by atoms with Crippen LogP contribution >= 0.6 is 0 Å². The molecule has 0 heteroatoms. The van der Waals surface area contributed by atoms with E-state index in [-0.39, 0.29) is 65.2 Å². The van der Waals surface area contributed by atoms with E-state index in [2.05, 4.69) is 0 Å². The Morgan fingerprint density at radius 1 is 0.319 bits per heavy atom. The van der Waals surface area contributed by atoms with Gasteiger partial charge in [-0.25, -0.2) is 0 Å². The normalized spacial score (nSPS) is 21.5. The van der Waals surface area contributed by atoms with Crippen LogP contribution in [0.15, 0.2) is 193 Å². The lowest BCUT2D eigenvalue weighted by Gasteiger charge is -2.31. The average molecular weight is 909 g/mol. The van der Waals surface area contributed by atoms with Gasteiger partial charge in [0.2, 0.25) is 0 Å². The summed E-state index contributed by atoms with van der Waals surface area (Å²) in [5.41, 5.74) is -10.7. The van der Waals surface area contributed by atoms with Crippen LogP contribution in [0.1, 0.15) is 116 Å². The highest BCUT2D eigenvalue weighted by Crippen LogP contribution is 2.64. The largest absolute Gasteiger partial charge is 0.0725 e. The molecule has 1 unspecified atom stereocenters. The molecule has 0 heterocycles. The van der Waals surface area contributed by atoms with Crippen molar-refractivity contribution in [3.63, 3.8) is 0 Å². The molecule has 326 valence electrons. The fourth-order valence-corrected chi connectivity index (χ4v) is 11.1. The maximum absolute atomic E-state index is 11.1. The van der Waals surface area contributed by atoms with E-state index in [1.165, 1.54) is 0 Å². The van der Waals surface area contributed by atoms with Gasteiger partial charge in [0.25, 0.3) is 0 Å². The van der Waals surface area contributed by atoms with E-state index in [9.17, 15) is 38.4 Å². The summed E-state index contributed by atoms with van der Waals surface area (Å²) in [6, 6.07) is -20.4. The maximum Gasteiger partial charge on any atom is 0.0725 e. The molecular formula is C69H50. The van der Waals surface area contributed by atoms with Crippen molar-refractivity contribution in [2.45, 2.75) is 57.8 Å². The maximum atomic E-state index is 11.1. The monoisotopic (exact) mass is 909 g/mol. The minimum absolute atomic E-state index is 0.0642. The van der Waals surface area contributed by atoms with E-state index in [1.54, 1.807) is 41.5 Å². The highest BCUT2D eigenvalue weighted by molar-refractivity contribution is 6.28. The van der Waals surface area contributed by atoms with Crippen molar-refractivity contribution in [1.29, 1.82) is 0 Å². The molecule has 2 aliphatic rings. The van der Waals surface area contributed by atoms with Crippen LogP contribution in [-0.2, 0) is 16.2 Å². The molecule has 0 saturated carbocycles. The molecule has 0 fully saturated rings. The van der Waals surface area contributed by atoms with Crippen molar-refractivity contribution in [2.75, 3.05) is 0 Å². The smallest absolute Gasteiger partial charge is 0.0619 e. The summed E-state index contributed by atoms with van der Waals surface area (Å²) in [5.74, 6) is 0. The quantitative estimate of drug-likeness (QED) is 0.152. The Kier molecular flexibility index (Phi) is 3.85. The van der Waals surface area contributed by atoms with Gasteiger partial charge in [-0.2, -0.15) is 0 Å². The van der Waals surface area contributed by atoms with Crippen LogP contribution in [0.4, 0.5) is 0 Å². The van der Waals surface area contributed by atoms with Crippen LogP contribution in [0.5, 0.6) is 0 Å². The molecule has 1 spiro atoms. The standard InChI is InChI=1S/C69H50/c1-67(2,3)57-34-25-41-20-30-51-45(27-18-39-22-32-53(57)65(41)63(39)51)44-24-29-50-56-36-43-12-11-15-46(47-28-19-40-23-33-54-58(68(4,5)6)35-26-42-21-31-52(47)64(40)66(42)54)55(43)38-62(56)69(61(50)37-44)59-16-9-7-13-48(59)49-14-8-10-17-60(49)69/h7-38H,1-6H3/i7D,8D,9D,10D,11D,12D,13D,14D,15D,16D,18D,19D,20D,21D,22D,23D,24D,25D,26D,27D,28D,29D,30D,31D,32D,33D,34D,35D,36D,38D.